The van der Waals surface area contributed by atoms with Crippen molar-refractivity contribution in [2.75, 3.05) is 0 Å². The minimum Gasteiger partial charge on any atom is -0.298 e. The van der Waals surface area contributed by atoms with E-state index in [1.807, 2.05) is 12.1 Å². The van der Waals surface area contributed by atoms with E-state index in [9.17, 15) is 4.79 Å². The Balaban J connectivity index is 2.09. The van der Waals surface area contributed by atoms with Gasteiger partial charge in [-0.2, -0.15) is 0 Å². The Morgan fingerprint density at radius 3 is 2.62 bits per heavy atom. The fourth-order valence-electron chi connectivity index (χ4n) is 3.62. The highest BCUT2D eigenvalue weighted by Crippen LogP contribution is 2.56. The zero-order chi connectivity index (χ0) is 11.2. The maximum atomic E-state index is 11.0. The molecule has 2 aliphatic carbocycles. The molecule has 2 saturated carbocycles. The summed E-state index contributed by atoms with van der Waals surface area (Å²) in [5.41, 5.74) is 2.72. The number of rotatable bonds is 2. The zero-order valence-electron chi connectivity index (χ0n) is 9.21. The Morgan fingerprint density at radius 1 is 1.31 bits per heavy atom. The average molecular weight is 326 g/mol. The van der Waals surface area contributed by atoms with Gasteiger partial charge in [0.2, 0.25) is 0 Å². The van der Waals surface area contributed by atoms with Crippen molar-refractivity contribution >= 4 is 28.9 Å². The molecule has 2 fully saturated rings. The van der Waals surface area contributed by atoms with Crippen molar-refractivity contribution < 1.29 is 4.79 Å². The van der Waals surface area contributed by atoms with Gasteiger partial charge < -0.3 is 0 Å². The molecule has 0 unspecified atom stereocenters. The number of benzene rings is 1. The Morgan fingerprint density at radius 2 is 2.06 bits per heavy atom. The summed E-state index contributed by atoms with van der Waals surface area (Å²) >= 11 is 2.35. The van der Waals surface area contributed by atoms with Gasteiger partial charge in [-0.25, -0.2) is 0 Å². The predicted molar refractivity (Wildman–Crippen MR) is 72.8 cm³/mol. The molecule has 0 N–H and O–H groups in total. The summed E-state index contributed by atoms with van der Waals surface area (Å²) in [6, 6.07) is 6.21. The Labute approximate surface area is 110 Å². The van der Waals surface area contributed by atoms with Crippen LogP contribution in [0, 0.1) is 9.49 Å². The van der Waals surface area contributed by atoms with Crippen LogP contribution >= 0.6 is 22.6 Å². The first-order valence-electron chi connectivity index (χ1n) is 5.99. The molecule has 1 aromatic rings. The monoisotopic (exact) mass is 326 g/mol. The molecule has 3 rings (SSSR count). The van der Waals surface area contributed by atoms with E-state index in [4.69, 9.17) is 0 Å². The number of aldehydes is 1. The third-order valence-corrected chi connectivity index (χ3v) is 5.67. The molecule has 2 heteroatoms. The Kier molecular flexibility index (Phi) is 2.57. The summed E-state index contributed by atoms with van der Waals surface area (Å²) in [6.07, 6.45) is 7.78. The zero-order valence-corrected chi connectivity index (χ0v) is 11.4. The minimum absolute atomic E-state index is 0.417. The summed E-state index contributed by atoms with van der Waals surface area (Å²) < 4.78 is 1.19. The van der Waals surface area contributed by atoms with E-state index < -0.39 is 0 Å². The molecule has 2 aliphatic rings. The lowest BCUT2D eigenvalue weighted by Crippen LogP contribution is -2.21. The summed E-state index contributed by atoms with van der Waals surface area (Å²) in [5.74, 6) is 0.954. The van der Waals surface area contributed by atoms with E-state index in [0.717, 1.165) is 17.8 Å². The van der Waals surface area contributed by atoms with Crippen molar-refractivity contribution in [2.45, 2.75) is 37.5 Å². The van der Waals surface area contributed by atoms with Crippen molar-refractivity contribution in [1.82, 2.24) is 0 Å². The van der Waals surface area contributed by atoms with Gasteiger partial charge in [-0.1, -0.05) is 18.2 Å². The van der Waals surface area contributed by atoms with E-state index in [1.165, 1.54) is 41.2 Å². The van der Waals surface area contributed by atoms with Crippen molar-refractivity contribution in [3.05, 3.63) is 32.9 Å². The molecule has 1 nitrogen and oxygen atoms in total. The SMILES string of the molecule is O=Cc1cccc(C23CCC(CC2)C3)c1I. The Bertz CT molecular complexity index is 430. The molecule has 1 aromatic carbocycles. The second-order valence-electron chi connectivity index (χ2n) is 5.25. The average Bonchev–Trinajstić information content (AvgIpc) is 2.90. The van der Waals surface area contributed by atoms with E-state index in [-0.39, 0.29) is 0 Å². The van der Waals surface area contributed by atoms with Crippen LogP contribution in [0.5, 0.6) is 0 Å². The highest BCUT2D eigenvalue weighted by Gasteiger charge is 2.46. The predicted octanol–water partition coefficient (Wildman–Crippen LogP) is 3.94. The molecule has 0 heterocycles. The van der Waals surface area contributed by atoms with Crippen LogP contribution in [0.25, 0.3) is 0 Å². The van der Waals surface area contributed by atoms with Gasteiger partial charge in [-0.15, -0.1) is 0 Å². The standard InChI is InChI=1S/C14H15IO/c15-13-11(9-16)2-1-3-12(13)14-6-4-10(8-14)5-7-14/h1-3,9-10H,4-8H2. The van der Waals surface area contributed by atoms with Crippen molar-refractivity contribution in [2.24, 2.45) is 5.92 Å². The number of carbonyl (C=O) groups is 1. The van der Waals surface area contributed by atoms with Gasteiger partial charge in [-0.3, -0.25) is 4.79 Å². The molecule has 84 valence electrons. The van der Waals surface area contributed by atoms with Crippen molar-refractivity contribution in [1.29, 1.82) is 0 Å². The summed E-state index contributed by atoms with van der Waals surface area (Å²) in [4.78, 5) is 11.0. The molecule has 0 atom stereocenters. The minimum atomic E-state index is 0.417. The van der Waals surface area contributed by atoms with Gasteiger partial charge in [0, 0.05) is 9.13 Å². The molecule has 0 amide bonds. The first-order chi connectivity index (χ1) is 7.75. The lowest BCUT2D eigenvalue weighted by molar-refractivity contribution is 0.112. The largest absolute Gasteiger partial charge is 0.298 e. The molecular formula is C14H15IO. The van der Waals surface area contributed by atoms with Crippen LogP contribution < -0.4 is 0 Å². The van der Waals surface area contributed by atoms with Gasteiger partial charge in [0.25, 0.3) is 0 Å². The van der Waals surface area contributed by atoms with Crippen LogP contribution in [0.2, 0.25) is 0 Å². The third kappa shape index (κ3) is 1.45. The molecule has 0 aromatic heterocycles. The Hall–Kier alpha value is -0.380. The topological polar surface area (TPSA) is 17.1 Å². The maximum absolute atomic E-state index is 11.0. The molecule has 16 heavy (non-hydrogen) atoms. The third-order valence-electron chi connectivity index (χ3n) is 4.47. The highest BCUT2D eigenvalue weighted by atomic mass is 127. The molecule has 0 radical (unpaired) electrons. The van der Waals surface area contributed by atoms with Gasteiger partial charge in [-0.05, 0) is 71.6 Å². The van der Waals surface area contributed by atoms with Crippen LogP contribution in [0.1, 0.15) is 48.0 Å². The van der Waals surface area contributed by atoms with E-state index in [2.05, 4.69) is 28.7 Å². The van der Waals surface area contributed by atoms with Gasteiger partial charge in [0.05, 0.1) is 0 Å². The van der Waals surface area contributed by atoms with Crippen LogP contribution in [0.15, 0.2) is 18.2 Å². The van der Waals surface area contributed by atoms with Crippen LogP contribution in [-0.2, 0) is 5.41 Å². The molecule has 2 bridgehead atoms. The first kappa shape index (κ1) is 10.8. The summed E-state index contributed by atoms with van der Waals surface area (Å²) in [6.45, 7) is 0. The molecule has 0 spiro atoms. The number of hydrogen-bond donors (Lipinski definition) is 0. The fourth-order valence-corrected chi connectivity index (χ4v) is 4.68. The van der Waals surface area contributed by atoms with Gasteiger partial charge in [0.1, 0.15) is 0 Å². The van der Waals surface area contributed by atoms with Crippen LogP contribution in [0.3, 0.4) is 0 Å². The molecular weight excluding hydrogens is 311 g/mol. The number of carbonyl (C=O) groups excluding carboxylic acids is 1. The maximum Gasteiger partial charge on any atom is 0.151 e. The van der Waals surface area contributed by atoms with E-state index >= 15 is 0 Å². The number of fused-ring (bicyclic) bond motifs is 2. The lowest BCUT2D eigenvalue weighted by atomic mass is 9.77. The smallest absolute Gasteiger partial charge is 0.151 e. The van der Waals surface area contributed by atoms with Crippen molar-refractivity contribution in [3.63, 3.8) is 0 Å². The summed E-state index contributed by atoms with van der Waals surface area (Å²) in [7, 11) is 0. The summed E-state index contributed by atoms with van der Waals surface area (Å²) in [5, 5.41) is 0. The van der Waals surface area contributed by atoms with Crippen molar-refractivity contribution in [3.8, 4) is 0 Å². The van der Waals surface area contributed by atoms with Crippen LogP contribution in [-0.4, -0.2) is 6.29 Å². The normalized spacial score (nSPS) is 31.9. The second kappa shape index (κ2) is 3.83. The number of halogens is 1. The van der Waals surface area contributed by atoms with Crippen LogP contribution in [0.4, 0.5) is 0 Å². The lowest BCUT2D eigenvalue weighted by Gasteiger charge is -2.28. The van der Waals surface area contributed by atoms with E-state index in [1.54, 1.807) is 0 Å². The fraction of sp³-hybridized carbons (Fsp3) is 0.500. The van der Waals surface area contributed by atoms with E-state index in [0.29, 0.717) is 5.41 Å². The molecule has 0 aliphatic heterocycles. The second-order valence-corrected chi connectivity index (χ2v) is 6.33. The highest BCUT2D eigenvalue weighted by molar-refractivity contribution is 14.1. The first-order valence-corrected chi connectivity index (χ1v) is 7.07. The number of hydrogen-bond acceptors (Lipinski definition) is 1. The molecule has 0 saturated heterocycles. The van der Waals surface area contributed by atoms with Gasteiger partial charge >= 0.3 is 0 Å². The quantitative estimate of drug-likeness (QED) is 0.594. The van der Waals surface area contributed by atoms with Gasteiger partial charge in [0.15, 0.2) is 6.29 Å².